The number of aromatic nitrogens is 1. The smallest absolute Gasteiger partial charge is 0.225 e. The molecule has 0 aromatic carbocycles. The standard InChI is InChI=1S/C17H24N4O2/c22-16(19-11-12-5-3-4-10-18-12)9-8-15-20-14-7-2-1-6-13(14)17(23)21-15/h3-5,10,13-15,20H,1-2,6-9,11H2,(H,19,22)(H,21,23). The van der Waals surface area contributed by atoms with Gasteiger partial charge in [-0.3, -0.25) is 19.9 Å². The molecule has 0 bridgehead atoms. The summed E-state index contributed by atoms with van der Waals surface area (Å²) in [4.78, 5) is 28.3. The molecule has 1 aliphatic carbocycles. The van der Waals surface area contributed by atoms with Gasteiger partial charge in [0.25, 0.3) is 0 Å². The van der Waals surface area contributed by atoms with Crippen LogP contribution >= 0.6 is 0 Å². The Hall–Kier alpha value is -1.95. The van der Waals surface area contributed by atoms with Crippen LogP contribution in [0, 0.1) is 5.92 Å². The molecule has 124 valence electrons. The van der Waals surface area contributed by atoms with Crippen LogP contribution in [0.3, 0.4) is 0 Å². The molecule has 1 aliphatic heterocycles. The highest BCUT2D eigenvalue weighted by Crippen LogP contribution is 2.27. The summed E-state index contributed by atoms with van der Waals surface area (Å²) in [5, 5.41) is 9.36. The summed E-state index contributed by atoms with van der Waals surface area (Å²) >= 11 is 0. The third-order valence-corrected chi connectivity index (χ3v) is 4.69. The van der Waals surface area contributed by atoms with E-state index in [2.05, 4.69) is 20.9 Å². The Morgan fingerprint density at radius 1 is 1.30 bits per heavy atom. The zero-order chi connectivity index (χ0) is 16.1. The summed E-state index contributed by atoms with van der Waals surface area (Å²) in [6.45, 7) is 0.439. The number of carbonyl (C=O) groups is 2. The Kier molecular flexibility index (Phi) is 5.23. The normalized spacial score (nSPS) is 27.0. The number of pyridine rings is 1. The number of nitrogens with one attached hydrogen (secondary N) is 3. The predicted octanol–water partition coefficient (Wildman–Crippen LogP) is 1.08. The monoisotopic (exact) mass is 316 g/mol. The van der Waals surface area contributed by atoms with E-state index in [4.69, 9.17) is 0 Å². The Morgan fingerprint density at radius 2 is 2.17 bits per heavy atom. The maximum atomic E-state index is 12.1. The van der Waals surface area contributed by atoms with Crippen LogP contribution in [0.15, 0.2) is 24.4 Å². The molecule has 1 aromatic rings. The number of amides is 2. The molecule has 2 aliphatic rings. The van der Waals surface area contributed by atoms with Crippen LogP contribution in [0.2, 0.25) is 0 Å². The van der Waals surface area contributed by atoms with E-state index in [1.165, 1.54) is 6.42 Å². The molecule has 3 rings (SSSR count). The second kappa shape index (κ2) is 7.55. The molecule has 23 heavy (non-hydrogen) atoms. The van der Waals surface area contributed by atoms with Gasteiger partial charge in [-0.1, -0.05) is 18.9 Å². The molecule has 1 saturated heterocycles. The van der Waals surface area contributed by atoms with Gasteiger partial charge in [-0.25, -0.2) is 0 Å². The van der Waals surface area contributed by atoms with E-state index in [9.17, 15) is 9.59 Å². The predicted molar refractivity (Wildman–Crippen MR) is 86.1 cm³/mol. The molecule has 2 heterocycles. The molecule has 6 nitrogen and oxygen atoms in total. The van der Waals surface area contributed by atoms with Crippen molar-refractivity contribution in [3.8, 4) is 0 Å². The van der Waals surface area contributed by atoms with Crippen molar-refractivity contribution < 1.29 is 9.59 Å². The summed E-state index contributed by atoms with van der Waals surface area (Å²) in [5.74, 6) is 0.239. The molecule has 1 saturated carbocycles. The summed E-state index contributed by atoms with van der Waals surface area (Å²) < 4.78 is 0. The lowest BCUT2D eigenvalue weighted by atomic mass is 9.82. The Balaban J connectivity index is 1.41. The number of fused-ring (bicyclic) bond motifs is 1. The SMILES string of the molecule is O=C(CCC1NC(=O)C2CCCCC2N1)NCc1ccccn1. The Labute approximate surface area is 136 Å². The maximum absolute atomic E-state index is 12.1. The second-order valence-corrected chi connectivity index (χ2v) is 6.36. The van der Waals surface area contributed by atoms with Crippen molar-refractivity contribution in [2.24, 2.45) is 5.92 Å². The fourth-order valence-corrected chi connectivity index (χ4v) is 3.43. The van der Waals surface area contributed by atoms with Crippen LogP contribution in [-0.4, -0.2) is 29.0 Å². The molecule has 6 heteroatoms. The fraction of sp³-hybridized carbons (Fsp3) is 0.588. The van der Waals surface area contributed by atoms with E-state index < -0.39 is 0 Å². The summed E-state index contributed by atoms with van der Waals surface area (Å²) in [6.07, 6.45) is 6.97. The quantitative estimate of drug-likeness (QED) is 0.759. The summed E-state index contributed by atoms with van der Waals surface area (Å²) in [5.41, 5.74) is 0.843. The van der Waals surface area contributed by atoms with E-state index in [0.29, 0.717) is 19.4 Å². The van der Waals surface area contributed by atoms with Gasteiger partial charge in [-0.15, -0.1) is 0 Å². The highest BCUT2D eigenvalue weighted by atomic mass is 16.2. The first-order valence-electron chi connectivity index (χ1n) is 8.45. The summed E-state index contributed by atoms with van der Waals surface area (Å²) in [6, 6.07) is 5.91. The first kappa shape index (κ1) is 15.9. The zero-order valence-electron chi connectivity index (χ0n) is 13.3. The molecular formula is C17H24N4O2. The summed E-state index contributed by atoms with van der Waals surface area (Å²) in [7, 11) is 0. The van der Waals surface area contributed by atoms with Crippen molar-refractivity contribution in [2.75, 3.05) is 0 Å². The lowest BCUT2D eigenvalue weighted by molar-refractivity contribution is -0.131. The number of nitrogens with zero attached hydrogens (tertiary/aromatic N) is 1. The van der Waals surface area contributed by atoms with Crippen molar-refractivity contribution >= 4 is 11.8 Å². The average Bonchev–Trinajstić information content (AvgIpc) is 2.59. The minimum Gasteiger partial charge on any atom is -0.350 e. The third-order valence-electron chi connectivity index (χ3n) is 4.69. The largest absolute Gasteiger partial charge is 0.350 e. The highest BCUT2D eigenvalue weighted by molar-refractivity contribution is 5.81. The molecule has 3 unspecified atom stereocenters. The van der Waals surface area contributed by atoms with Crippen molar-refractivity contribution in [1.82, 2.24) is 20.9 Å². The lowest BCUT2D eigenvalue weighted by Crippen LogP contribution is -2.62. The van der Waals surface area contributed by atoms with Gasteiger partial charge in [0.05, 0.1) is 24.3 Å². The topological polar surface area (TPSA) is 83.1 Å². The Bertz CT molecular complexity index is 549. The van der Waals surface area contributed by atoms with Gasteiger partial charge in [0.1, 0.15) is 0 Å². The van der Waals surface area contributed by atoms with Crippen molar-refractivity contribution in [1.29, 1.82) is 0 Å². The number of carbonyl (C=O) groups excluding carboxylic acids is 2. The lowest BCUT2D eigenvalue weighted by Gasteiger charge is -2.40. The molecule has 3 N–H and O–H groups in total. The molecule has 2 fully saturated rings. The fourth-order valence-electron chi connectivity index (χ4n) is 3.43. The number of rotatable bonds is 5. The molecule has 1 aromatic heterocycles. The first-order chi connectivity index (χ1) is 11.2. The van der Waals surface area contributed by atoms with Gasteiger partial charge in [0.15, 0.2) is 0 Å². The van der Waals surface area contributed by atoms with Crippen LogP contribution in [0.4, 0.5) is 0 Å². The van der Waals surface area contributed by atoms with E-state index in [0.717, 1.165) is 25.0 Å². The van der Waals surface area contributed by atoms with Crippen LogP contribution in [-0.2, 0) is 16.1 Å². The van der Waals surface area contributed by atoms with E-state index in [1.54, 1.807) is 6.20 Å². The first-order valence-corrected chi connectivity index (χ1v) is 8.45. The van der Waals surface area contributed by atoms with Gasteiger partial charge in [-0.05, 0) is 31.4 Å². The van der Waals surface area contributed by atoms with Crippen molar-refractivity contribution in [3.63, 3.8) is 0 Å². The number of hydrogen-bond acceptors (Lipinski definition) is 4. The van der Waals surface area contributed by atoms with Gasteiger partial charge in [0, 0.05) is 18.7 Å². The number of hydrogen-bond donors (Lipinski definition) is 3. The third kappa shape index (κ3) is 4.28. The van der Waals surface area contributed by atoms with Crippen LogP contribution < -0.4 is 16.0 Å². The van der Waals surface area contributed by atoms with Gasteiger partial charge >= 0.3 is 0 Å². The minimum absolute atomic E-state index is 0.0162. The van der Waals surface area contributed by atoms with Crippen LogP contribution in [0.5, 0.6) is 0 Å². The molecule has 3 atom stereocenters. The van der Waals surface area contributed by atoms with Gasteiger partial charge in [-0.2, -0.15) is 0 Å². The van der Waals surface area contributed by atoms with Crippen LogP contribution in [0.1, 0.15) is 44.2 Å². The molecule has 0 spiro atoms. The van der Waals surface area contributed by atoms with Gasteiger partial charge in [0.2, 0.25) is 11.8 Å². The van der Waals surface area contributed by atoms with E-state index in [-0.39, 0.29) is 29.9 Å². The molecule has 0 radical (unpaired) electrons. The Morgan fingerprint density at radius 3 is 3.00 bits per heavy atom. The average molecular weight is 316 g/mol. The van der Waals surface area contributed by atoms with E-state index >= 15 is 0 Å². The van der Waals surface area contributed by atoms with Gasteiger partial charge < -0.3 is 10.6 Å². The van der Waals surface area contributed by atoms with Crippen molar-refractivity contribution in [3.05, 3.63) is 30.1 Å². The minimum atomic E-state index is -0.0950. The molecular weight excluding hydrogens is 292 g/mol. The van der Waals surface area contributed by atoms with E-state index in [1.807, 2.05) is 18.2 Å². The van der Waals surface area contributed by atoms with Crippen LogP contribution in [0.25, 0.3) is 0 Å². The maximum Gasteiger partial charge on any atom is 0.225 e. The van der Waals surface area contributed by atoms with Crippen molar-refractivity contribution in [2.45, 2.75) is 57.3 Å². The second-order valence-electron chi connectivity index (χ2n) is 6.36. The zero-order valence-corrected chi connectivity index (χ0v) is 13.3. The molecule has 2 amide bonds. The highest BCUT2D eigenvalue weighted by Gasteiger charge is 2.37.